The molecular weight excluding hydrogens is 255 g/mol. The fourth-order valence-electron chi connectivity index (χ4n) is 1.63. The van der Waals surface area contributed by atoms with Crippen molar-refractivity contribution in [2.45, 2.75) is 12.5 Å². The van der Waals surface area contributed by atoms with E-state index in [2.05, 4.69) is 15.4 Å². The van der Waals surface area contributed by atoms with Gasteiger partial charge in [-0.3, -0.25) is 21.2 Å². The summed E-state index contributed by atoms with van der Waals surface area (Å²) in [6.45, 7) is 0. The van der Waals surface area contributed by atoms with Crippen LogP contribution in [0.25, 0.3) is 0 Å². The Balaban J connectivity index is 2.20. The Kier molecular flexibility index (Phi) is 4.19. The summed E-state index contributed by atoms with van der Waals surface area (Å²) in [6, 6.07) is 4.52. The third-order valence-electron chi connectivity index (χ3n) is 2.59. The number of pyridine rings is 2. The third kappa shape index (κ3) is 3.01. The number of halogens is 2. The lowest BCUT2D eigenvalue weighted by Crippen LogP contribution is -2.30. The van der Waals surface area contributed by atoms with Gasteiger partial charge in [0.25, 0.3) is 0 Å². The average Bonchev–Trinajstić information content (AvgIpc) is 2.39. The maximum atomic E-state index is 12.8. The van der Waals surface area contributed by atoms with Crippen LogP contribution in [0.5, 0.6) is 0 Å². The van der Waals surface area contributed by atoms with E-state index in [4.69, 9.17) is 17.4 Å². The predicted octanol–water partition coefficient (Wildman–Crippen LogP) is 2.02. The van der Waals surface area contributed by atoms with Gasteiger partial charge >= 0.3 is 0 Å². The zero-order chi connectivity index (χ0) is 13.0. The molecule has 2 rings (SSSR count). The molecule has 2 aromatic rings. The Morgan fingerprint density at radius 2 is 2.17 bits per heavy atom. The van der Waals surface area contributed by atoms with Gasteiger partial charge < -0.3 is 0 Å². The topological polar surface area (TPSA) is 63.8 Å². The summed E-state index contributed by atoms with van der Waals surface area (Å²) < 4.78 is 12.8. The lowest BCUT2D eigenvalue weighted by Gasteiger charge is -2.15. The van der Waals surface area contributed by atoms with E-state index in [0.29, 0.717) is 17.1 Å². The van der Waals surface area contributed by atoms with Gasteiger partial charge in [-0.1, -0.05) is 11.6 Å². The first-order valence-electron chi connectivity index (χ1n) is 5.36. The molecule has 0 aliphatic heterocycles. The van der Waals surface area contributed by atoms with Crippen molar-refractivity contribution in [1.82, 2.24) is 15.4 Å². The van der Waals surface area contributed by atoms with Crippen LogP contribution in [0.1, 0.15) is 17.3 Å². The van der Waals surface area contributed by atoms with E-state index in [1.165, 1.54) is 6.07 Å². The Hall–Kier alpha value is -1.56. The van der Waals surface area contributed by atoms with Crippen molar-refractivity contribution in [3.8, 4) is 0 Å². The molecule has 0 bridgehead atoms. The maximum absolute atomic E-state index is 12.8. The zero-order valence-corrected chi connectivity index (χ0v) is 10.2. The number of nitrogens with zero attached hydrogens (tertiary/aromatic N) is 2. The van der Waals surface area contributed by atoms with E-state index in [-0.39, 0.29) is 11.9 Å². The van der Waals surface area contributed by atoms with Gasteiger partial charge in [0, 0.05) is 12.4 Å². The Morgan fingerprint density at radius 1 is 1.33 bits per heavy atom. The average molecular weight is 267 g/mol. The largest absolute Gasteiger partial charge is 0.271 e. The fourth-order valence-corrected chi connectivity index (χ4v) is 1.83. The van der Waals surface area contributed by atoms with Crippen LogP contribution in [0.3, 0.4) is 0 Å². The molecule has 3 N–H and O–H groups in total. The van der Waals surface area contributed by atoms with E-state index in [1.54, 1.807) is 18.5 Å². The molecule has 94 valence electrons. The van der Waals surface area contributed by atoms with Gasteiger partial charge in [0.05, 0.1) is 23.0 Å². The molecule has 2 aromatic heterocycles. The normalized spacial score (nSPS) is 12.4. The first kappa shape index (κ1) is 12.9. The molecular formula is C12H12ClFN4. The summed E-state index contributed by atoms with van der Waals surface area (Å²) in [4.78, 5) is 7.91. The van der Waals surface area contributed by atoms with Crippen molar-refractivity contribution < 1.29 is 4.39 Å². The van der Waals surface area contributed by atoms with Crippen molar-refractivity contribution in [1.29, 1.82) is 0 Å². The van der Waals surface area contributed by atoms with Gasteiger partial charge in [-0.25, -0.2) is 4.39 Å². The molecule has 18 heavy (non-hydrogen) atoms. The highest BCUT2D eigenvalue weighted by Crippen LogP contribution is 2.21. The summed E-state index contributed by atoms with van der Waals surface area (Å²) >= 11 is 6.03. The highest BCUT2D eigenvalue weighted by Gasteiger charge is 2.13. The summed E-state index contributed by atoms with van der Waals surface area (Å²) in [5.74, 6) is 5.12. The van der Waals surface area contributed by atoms with Gasteiger partial charge in [-0.2, -0.15) is 0 Å². The molecule has 0 fully saturated rings. The lowest BCUT2D eigenvalue weighted by molar-refractivity contribution is 0.533. The van der Waals surface area contributed by atoms with Crippen LogP contribution in [0.2, 0.25) is 5.02 Å². The van der Waals surface area contributed by atoms with Gasteiger partial charge in [0.1, 0.15) is 5.82 Å². The highest BCUT2D eigenvalue weighted by atomic mass is 35.5. The standard InChI is InChI=1S/C12H12ClFN4/c13-10-7-16-4-3-8(10)5-12(18-15)11-2-1-9(14)6-17-11/h1-4,6-7,12,18H,5,15H2. The van der Waals surface area contributed by atoms with Gasteiger partial charge in [0.15, 0.2) is 0 Å². The summed E-state index contributed by atoms with van der Waals surface area (Å²) in [5, 5.41) is 0.569. The van der Waals surface area contributed by atoms with Crippen molar-refractivity contribution in [2.75, 3.05) is 0 Å². The van der Waals surface area contributed by atoms with E-state index < -0.39 is 0 Å². The predicted molar refractivity (Wildman–Crippen MR) is 67.2 cm³/mol. The fraction of sp³-hybridized carbons (Fsp3) is 0.167. The van der Waals surface area contributed by atoms with Crippen LogP contribution in [-0.2, 0) is 6.42 Å². The lowest BCUT2D eigenvalue weighted by atomic mass is 10.0. The molecule has 0 aromatic carbocycles. The SMILES string of the molecule is NNC(Cc1ccncc1Cl)c1ccc(F)cn1. The molecule has 0 saturated carbocycles. The molecule has 1 unspecified atom stereocenters. The molecule has 0 radical (unpaired) electrons. The minimum Gasteiger partial charge on any atom is -0.271 e. The molecule has 0 spiro atoms. The number of rotatable bonds is 4. The summed E-state index contributed by atoms with van der Waals surface area (Å²) in [7, 11) is 0. The Bertz CT molecular complexity index is 518. The minimum absolute atomic E-state index is 0.231. The zero-order valence-electron chi connectivity index (χ0n) is 9.48. The molecule has 0 aliphatic rings. The van der Waals surface area contributed by atoms with Crippen LogP contribution >= 0.6 is 11.6 Å². The third-order valence-corrected chi connectivity index (χ3v) is 2.93. The molecule has 0 amide bonds. The quantitative estimate of drug-likeness (QED) is 0.656. The van der Waals surface area contributed by atoms with Crippen LogP contribution in [0, 0.1) is 5.82 Å². The Labute approximate surface area is 109 Å². The van der Waals surface area contributed by atoms with Crippen LogP contribution < -0.4 is 11.3 Å². The molecule has 4 nitrogen and oxygen atoms in total. The second kappa shape index (κ2) is 5.86. The number of aromatic nitrogens is 2. The van der Waals surface area contributed by atoms with Gasteiger partial charge in [0.2, 0.25) is 0 Å². The van der Waals surface area contributed by atoms with E-state index >= 15 is 0 Å². The van der Waals surface area contributed by atoms with Crippen LogP contribution in [-0.4, -0.2) is 9.97 Å². The Morgan fingerprint density at radius 3 is 2.78 bits per heavy atom. The smallest absolute Gasteiger partial charge is 0.141 e. The highest BCUT2D eigenvalue weighted by molar-refractivity contribution is 6.31. The number of hydrazine groups is 1. The monoisotopic (exact) mass is 266 g/mol. The van der Waals surface area contributed by atoms with Crippen LogP contribution in [0.4, 0.5) is 4.39 Å². The van der Waals surface area contributed by atoms with Crippen LogP contribution in [0.15, 0.2) is 36.8 Å². The second-order valence-corrected chi connectivity index (χ2v) is 4.20. The summed E-state index contributed by atoms with van der Waals surface area (Å²) in [5.41, 5.74) is 4.21. The molecule has 0 saturated heterocycles. The molecule has 2 heterocycles. The molecule has 0 aliphatic carbocycles. The first-order valence-corrected chi connectivity index (χ1v) is 5.74. The van der Waals surface area contributed by atoms with Crippen molar-refractivity contribution in [3.05, 3.63) is 58.9 Å². The van der Waals surface area contributed by atoms with Gasteiger partial charge in [-0.15, -0.1) is 0 Å². The molecule has 1 atom stereocenters. The number of nitrogens with two attached hydrogens (primary N) is 1. The van der Waals surface area contributed by atoms with Crippen molar-refractivity contribution >= 4 is 11.6 Å². The van der Waals surface area contributed by atoms with Crippen molar-refractivity contribution in [3.63, 3.8) is 0 Å². The van der Waals surface area contributed by atoms with E-state index in [1.807, 2.05) is 6.07 Å². The van der Waals surface area contributed by atoms with E-state index in [0.717, 1.165) is 11.8 Å². The second-order valence-electron chi connectivity index (χ2n) is 3.79. The van der Waals surface area contributed by atoms with E-state index in [9.17, 15) is 4.39 Å². The molecule has 6 heteroatoms. The number of hydrogen-bond donors (Lipinski definition) is 2. The van der Waals surface area contributed by atoms with Gasteiger partial charge in [-0.05, 0) is 30.2 Å². The summed E-state index contributed by atoms with van der Waals surface area (Å²) in [6.07, 6.45) is 4.94. The first-order chi connectivity index (χ1) is 8.70. The number of hydrogen-bond acceptors (Lipinski definition) is 4. The number of nitrogens with one attached hydrogen (secondary N) is 1. The van der Waals surface area contributed by atoms with Crippen molar-refractivity contribution in [2.24, 2.45) is 5.84 Å². The minimum atomic E-state index is -0.378. The maximum Gasteiger partial charge on any atom is 0.141 e.